The quantitative estimate of drug-likeness (QED) is 0.786. The molecule has 0 aliphatic carbocycles. The van der Waals surface area contributed by atoms with Crippen molar-refractivity contribution in [2.75, 3.05) is 38.5 Å². The maximum absolute atomic E-state index is 13.0. The van der Waals surface area contributed by atoms with E-state index in [0.717, 1.165) is 87.1 Å². The van der Waals surface area contributed by atoms with Crippen LogP contribution < -0.4 is 5.32 Å². The molecule has 1 atom stereocenters. The molecular formula is C22H33N7O. The molecule has 0 aromatic carbocycles. The molecule has 2 aliphatic heterocycles. The predicted octanol–water partition coefficient (Wildman–Crippen LogP) is 2.68. The van der Waals surface area contributed by atoms with E-state index >= 15 is 0 Å². The molecule has 2 fully saturated rings. The van der Waals surface area contributed by atoms with E-state index in [-0.39, 0.29) is 5.92 Å². The van der Waals surface area contributed by atoms with E-state index in [1.54, 1.807) is 0 Å². The number of anilines is 2. The van der Waals surface area contributed by atoms with Crippen LogP contribution in [0.5, 0.6) is 0 Å². The van der Waals surface area contributed by atoms with E-state index in [1.807, 2.05) is 26.0 Å². The molecule has 4 heterocycles. The van der Waals surface area contributed by atoms with Gasteiger partial charge in [0.05, 0.1) is 0 Å². The van der Waals surface area contributed by atoms with Crippen molar-refractivity contribution in [3.63, 3.8) is 0 Å². The number of aryl methyl sites for hydroxylation is 2. The number of amides is 1. The minimum Gasteiger partial charge on any atom is -0.342 e. The normalized spacial score (nSPS) is 21.0. The monoisotopic (exact) mass is 411 g/mol. The van der Waals surface area contributed by atoms with E-state index in [1.165, 1.54) is 0 Å². The molecule has 0 spiro atoms. The molecule has 30 heavy (non-hydrogen) atoms. The lowest BCUT2D eigenvalue weighted by Gasteiger charge is -2.37. The van der Waals surface area contributed by atoms with E-state index in [4.69, 9.17) is 0 Å². The van der Waals surface area contributed by atoms with E-state index < -0.39 is 0 Å². The van der Waals surface area contributed by atoms with Crippen molar-refractivity contribution in [3.8, 4) is 0 Å². The Morgan fingerprint density at radius 3 is 2.67 bits per heavy atom. The zero-order valence-electron chi connectivity index (χ0n) is 18.3. The van der Waals surface area contributed by atoms with Crippen molar-refractivity contribution in [2.45, 2.75) is 46.0 Å². The van der Waals surface area contributed by atoms with Crippen LogP contribution in [0.2, 0.25) is 0 Å². The van der Waals surface area contributed by atoms with Crippen LogP contribution >= 0.6 is 0 Å². The fourth-order valence-corrected chi connectivity index (χ4v) is 4.65. The first-order chi connectivity index (χ1) is 14.5. The Hall–Kier alpha value is -2.48. The van der Waals surface area contributed by atoms with Crippen molar-refractivity contribution in [3.05, 3.63) is 29.3 Å². The molecule has 1 amide bonds. The van der Waals surface area contributed by atoms with Gasteiger partial charge in [-0.1, -0.05) is 0 Å². The van der Waals surface area contributed by atoms with Crippen molar-refractivity contribution in [1.82, 2.24) is 30.0 Å². The van der Waals surface area contributed by atoms with Gasteiger partial charge in [0.25, 0.3) is 0 Å². The summed E-state index contributed by atoms with van der Waals surface area (Å²) in [6.07, 6.45) is 5.06. The van der Waals surface area contributed by atoms with Crippen molar-refractivity contribution in [2.24, 2.45) is 11.8 Å². The Morgan fingerprint density at radius 1 is 1.13 bits per heavy atom. The molecular weight excluding hydrogens is 378 g/mol. The first-order valence-corrected chi connectivity index (χ1v) is 11.1. The minimum atomic E-state index is 0.203. The third-order valence-electron chi connectivity index (χ3n) is 6.25. The molecule has 4 rings (SSSR count). The van der Waals surface area contributed by atoms with Crippen LogP contribution in [0.15, 0.2) is 12.1 Å². The number of carbonyl (C=O) groups excluding carboxylic acids is 1. The summed E-state index contributed by atoms with van der Waals surface area (Å²) in [7, 11) is 2.14. The number of likely N-dealkylation sites (tertiary alicyclic amines) is 2. The number of hydrogen-bond acceptors (Lipinski definition) is 6. The number of piperidine rings is 2. The topological polar surface area (TPSA) is 90.0 Å². The van der Waals surface area contributed by atoms with Gasteiger partial charge in [-0.3, -0.25) is 9.89 Å². The van der Waals surface area contributed by atoms with E-state index in [9.17, 15) is 4.79 Å². The Labute approximate surface area is 178 Å². The third-order valence-corrected chi connectivity index (χ3v) is 6.25. The first-order valence-electron chi connectivity index (χ1n) is 11.1. The number of rotatable bonds is 5. The zero-order valence-corrected chi connectivity index (χ0v) is 18.3. The molecule has 8 nitrogen and oxygen atoms in total. The number of nitrogens with zero attached hydrogens (tertiary/aromatic N) is 5. The van der Waals surface area contributed by atoms with Gasteiger partial charge in [-0.25, -0.2) is 9.97 Å². The molecule has 0 radical (unpaired) electrons. The largest absolute Gasteiger partial charge is 0.342 e. The highest BCUT2D eigenvalue weighted by atomic mass is 16.2. The Balaban J connectivity index is 1.38. The lowest BCUT2D eigenvalue weighted by molar-refractivity contribution is -0.138. The molecule has 2 saturated heterocycles. The molecule has 2 aromatic rings. The standard InChI is InChI=1S/C22H33N7O/c1-15-11-21(27-26-15)25-20-13-19(23-16(2)24-20)12-17-5-4-8-29(14-17)22(30)18-6-9-28(3)10-7-18/h11,13,17-18H,4-10,12,14H2,1-3H3,(H2,23,24,25,26,27)/t17-/m1/s1. The van der Waals surface area contributed by atoms with E-state index in [0.29, 0.717) is 11.8 Å². The molecule has 2 aromatic heterocycles. The predicted molar refractivity (Wildman–Crippen MR) is 117 cm³/mol. The van der Waals surface area contributed by atoms with Crippen LogP contribution in [0.3, 0.4) is 0 Å². The Bertz CT molecular complexity index is 872. The van der Waals surface area contributed by atoms with Crippen LogP contribution in [0.1, 0.15) is 42.9 Å². The fourth-order valence-electron chi connectivity index (χ4n) is 4.65. The summed E-state index contributed by atoms with van der Waals surface area (Å²) >= 11 is 0. The Kier molecular flexibility index (Phi) is 6.32. The van der Waals surface area contributed by atoms with E-state index in [2.05, 4.69) is 42.3 Å². The smallest absolute Gasteiger partial charge is 0.225 e. The SMILES string of the molecule is Cc1nc(C[C@H]2CCCN(C(=O)C3CCN(C)CC3)C2)cc(Nc2cc(C)[nH]n2)n1. The summed E-state index contributed by atoms with van der Waals surface area (Å²) in [6, 6.07) is 3.96. The van der Waals surface area contributed by atoms with Gasteiger partial charge in [0.1, 0.15) is 11.6 Å². The lowest BCUT2D eigenvalue weighted by Crippen LogP contribution is -2.46. The van der Waals surface area contributed by atoms with Crippen LogP contribution in [-0.4, -0.2) is 69.1 Å². The number of hydrogen-bond donors (Lipinski definition) is 2. The number of carbonyl (C=O) groups is 1. The second-order valence-corrected chi connectivity index (χ2v) is 8.93. The van der Waals surface area contributed by atoms with Crippen molar-refractivity contribution >= 4 is 17.5 Å². The van der Waals surface area contributed by atoms with Gasteiger partial charge in [-0.05, 0) is 72.0 Å². The highest BCUT2D eigenvalue weighted by Crippen LogP contribution is 2.25. The van der Waals surface area contributed by atoms with Gasteiger partial charge in [0.2, 0.25) is 5.91 Å². The van der Waals surface area contributed by atoms with Gasteiger partial charge in [-0.15, -0.1) is 0 Å². The number of aromatic nitrogens is 4. The molecule has 0 unspecified atom stereocenters. The maximum Gasteiger partial charge on any atom is 0.225 e. The molecule has 2 aliphatic rings. The molecule has 162 valence electrons. The number of H-pyrrole nitrogens is 1. The fraction of sp³-hybridized carbons (Fsp3) is 0.636. The summed E-state index contributed by atoms with van der Waals surface area (Å²) in [4.78, 5) is 26.6. The second-order valence-electron chi connectivity index (χ2n) is 8.93. The Morgan fingerprint density at radius 2 is 1.93 bits per heavy atom. The summed E-state index contributed by atoms with van der Waals surface area (Å²) in [5.41, 5.74) is 2.02. The van der Waals surface area contributed by atoms with Crippen molar-refractivity contribution in [1.29, 1.82) is 0 Å². The van der Waals surface area contributed by atoms with Crippen LogP contribution in [-0.2, 0) is 11.2 Å². The van der Waals surface area contributed by atoms with Crippen LogP contribution in [0, 0.1) is 25.7 Å². The van der Waals surface area contributed by atoms with Gasteiger partial charge < -0.3 is 15.1 Å². The second kappa shape index (κ2) is 9.12. The van der Waals surface area contributed by atoms with Crippen molar-refractivity contribution < 1.29 is 4.79 Å². The maximum atomic E-state index is 13.0. The molecule has 8 heteroatoms. The van der Waals surface area contributed by atoms with Crippen LogP contribution in [0.4, 0.5) is 11.6 Å². The minimum absolute atomic E-state index is 0.203. The van der Waals surface area contributed by atoms with Gasteiger partial charge in [0, 0.05) is 42.5 Å². The average Bonchev–Trinajstić information content (AvgIpc) is 3.12. The van der Waals surface area contributed by atoms with Gasteiger partial charge in [0.15, 0.2) is 5.82 Å². The highest BCUT2D eigenvalue weighted by Gasteiger charge is 2.31. The summed E-state index contributed by atoms with van der Waals surface area (Å²) < 4.78 is 0. The van der Waals surface area contributed by atoms with Gasteiger partial charge >= 0.3 is 0 Å². The number of nitrogens with one attached hydrogen (secondary N) is 2. The van der Waals surface area contributed by atoms with Crippen LogP contribution in [0.25, 0.3) is 0 Å². The molecule has 0 saturated carbocycles. The first kappa shape index (κ1) is 20.8. The molecule has 0 bridgehead atoms. The lowest BCUT2D eigenvalue weighted by atomic mass is 9.90. The number of aromatic amines is 1. The summed E-state index contributed by atoms with van der Waals surface area (Å²) in [5.74, 6) is 3.28. The zero-order chi connectivity index (χ0) is 21.1. The average molecular weight is 412 g/mol. The van der Waals surface area contributed by atoms with Gasteiger partial charge in [-0.2, -0.15) is 5.10 Å². The summed E-state index contributed by atoms with van der Waals surface area (Å²) in [5, 5.41) is 10.4. The third kappa shape index (κ3) is 5.16. The summed E-state index contributed by atoms with van der Waals surface area (Å²) in [6.45, 7) is 7.68. The highest BCUT2D eigenvalue weighted by molar-refractivity contribution is 5.79. The molecule has 2 N–H and O–H groups in total.